The number of halogens is 1. The molecule has 1 atom stereocenters. The number of furan rings is 1. The van der Waals surface area contributed by atoms with Gasteiger partial charge >= 0.3 is 0 Å². The van der Waals surface area contributed by atoms with E-state index in [2.05, 4.69) is 21.2 Å². The number of ether oxygens (including phenoxy) is 2. The van der Waals surface area contributed by atoms with E-state index in [9.17, 15) is 0 Å². The van der Waals surface area contributed by atoms with Gasteiger partial charge in [0.05, 0.1) is 19.8 Å². The molecular weight excluding hydrogens is 310 g/mol. The molecule has 1 saturated heterocycles. The minimum Gasteiger partial charge on any atom is -0.493 e. The molecule has 19 heavy (non-hydrogen) atoms. The summed E-state index contributed by atoms with van der Waals surface area (Å²) < 4.78 is 18.0. The van der Waals surface area contributed by atoms with Crippen LogP contribution in [0.25, 0.3) is 11.0 Å². The summed E-state index contributed by atoms with van der Waals surface area (Å²) in [6.07, 6.45) is 0.0385. The Morgan fingerprint density at radius 2 is 2.26 bits per heavy atom. The second-order valence-corrected chi connectivity index (χ2v) is 5.44. The van der Waals surface area contributed by atoms with Gasteiger partial charge in [0.2, 0.25) is 0 Å². The number of morpholine rings is 1. The maximum absolute atomic E-state index is 5.82. The molecule has 0 radical (unpaired) electrons. The summed E-state index contributed by atoms with van der Waals surface area (Å²) in [5.74, 6) is 1.62. The number of hydrogen-bond donors (Lipinski definition) is 1. The molecule has 5 heteroatoms. The highest BCUT2D eigenvalue weighted by Crippen LogP contribution is 2.40. The molecule has 0 aliphatic carbocycles. The van der Waals surface area contributed by atoms with Crippen LogP contribution in [0.2, 0.25) is 0 Å². The Morgan fingerprint density at radius 1 is 1.42 bits per heavy atom. The Bertz CT molecular complexity index is 602. The molecule has 1 fully saturated rings. The van der Waals surface area contributed by atoms with Crippen LogP contribution in [0.5, 0.6) is 5.75 Å². The molecule has 2 aromatic rings. The minimum atomic E-state index is 0.0385. The van der Waals surface area contributed by atoms with E-state index in [1.807, 2.05) is 19.1 Å². The fraction of sp³-hybridized carbons (Fsp3) is 0.429. The van der Waals surface area contributed by atoms with Crippen molar-refractivity contribution in [3.8, 4) is 5.75 Å². The van der Waals surface area contributed by atoms with Crippen LogP contribution in [0, 0.1) is 6.92 Å². The highest BCUT2D eigenvalue weighted by molar-refractivity contribution is 9.10. The normalized spacial score (nSPS) is 19.8. The van der Waals surface area contributed by atoms with E-state index in [0.717, 1.165) is 52.2 Å². The molecule has 3 rings (SSSR count). The predicted molar refractivity (Wildman–Crippen MR) is 76.8 cm³/mol. The standard InChI is InChI=1S/C14H16BrNO3/c1-8-5-10-13(15)9(12-7-16-3-4-18-12)6-11(17-2)14(10)19-8/h5-6,12,16H,3-4,7H2,1-2H3. The average Bonchev–Trinajstić information content (AvgIpc) is 2.83. The van der Waals surface area contributed by atoms with Gasteiger partial charge in [-0.05, 0) is 35.0 Å². The van der Waals surface area contributed by atoms with E-state index in [-0.39, 0.29) is 6.10 Å². The van der Waals surface area contributed by atoms with Crippen LogP contribution in [0.3, 0.4) is 0 Å². The smallest absolute Gasteiger partial charge is 0.177 e. The summed E-state index contributed by atoms with van der Waals surface area (Å²) in [6, 6.07) is 4.01. The lowest BCUT2D eigenvalue weighted by Gasteiger charge is -2.25. The number of aryl methyl sites for hydroxylation is 1. The Morgan fingerprint density at radius 3 is 2.95 bits per heavy atom. The summed E-state index contributed by atoms with van der Waals surface area (Å²) in [5.41, 5.74) is 1.87. The van der Waals surface area contributed by atoms with Crippen molar-refractivity contribution >= 4 is 26.9 Å². The molecule has 1 aliphatic rings. The molecule has 0 spiro atoms. The van der Waals surface area contributed by atoms with Gasteiger partial charge in [-0.25, -0.2) is 0 Å². The summed E-state index contributed by atoms with van der Waals surface area (Å²) >= 11 is 3.67. The summed E-state index contributed by atoms with van der Waals surface area (Å²) in [7, 11) is 1.66. The lowest BCUT2D eigenvalue weighted by atomic mass is 10.1. The topological polar surface area (TPSA) is 43.6 Å². The lowest BCUT2D eigenvalue weighted by Crippen LogP contribution is -2.33. The minimum absolute atomic E-state index is 0.0385. The first kappa shape index (κ1) is 13.0. The van der Waals surface area contributed by atoms with Gasteiger partial charge in [-0.15, -0.1) is 0 Å². The zero-order valence-corrected chi connectivity index (χ0v) is 12.5. The van der Waals surface area contributed by atoms with Crippen molar-refractivity contribution in [2.45, 2.75) is 13.0 Å². The van der Waals surface area contributed by atoms with Crippen molar-refractivity contribution in [1.29, 1.82) is 0 Å². The first-order chi connectivity index (χ1) is 9.20. The highest BCUT2D eigenvalue weighted by Gasteiger charge is 2.23. The first-order valence-corrected chi connectivity index (χ1v) is 7.09. The number of hydrogen-bond acceptors (Lipinski definition) is 4. The predicted octanol–water partition coefficient (Wildman–Crippen LogP) is 3.17. The summed E-state index contributed by atoms with van der Waals surface area (Å²) in [4.78, 5) is 0. The van der Waals surface area contributed by atoms with Crippen LogP contribution < -0.4 is 10.1 Å². The fourth-order valence-corrected chi connectivity index (χ4v) is 3.10. The van der Waals surface area contributed by atoms with E-state index in [1.54, 1.807) is 7.11 Å². The van der Waals surface area contributed by atoms with Crippen LogP contribution in [-0.2, 0) is 4.74 Å². The quantitative estimate of drug-likeness (QED) is 0.921. The molecule has 1 aromatic heterocycles. The zero-order valence-electron chi connectivity index (χ0n) is 11.0. The lowest BCUT2D eigenvalue weighted by molar-refractivity contribution is 0.0272. The Balaban J connectivity index is 2.15. The van der Waals surface area contributed by atoms with Crippen molar-refractivity contribution in [3.63, 3.8) is 0 Å². The first-order valence-electron chi connectivity index (χ1n) is 6.29. The van der Waals surface area contributed by atoms with Gasteiger partial charge in [0.1, 0.15) is 5.76 Å². The van der Waals surface area contributed by atoms with Gasteiger partial charge in [-0.3, -0.25) is 0 Å². The second-order valence-electron chi connectivity index (χ2n) is 4.65. The number of fused-ring (bicyclic) bond motifs is 1. The van der Waals surface area contributed by atoms with E-state index in [4.69, 9.17) is 13.9 Å². The van der Waals surface area contributed by atoms with Crippen LogP contribution >= 0.6 is 15.9 Å². The summed E-state index contributed by atoms with van der Waals surface area (Å²) in [5, 5.41) is 4.37. The molecule has 4 nitrogen and oxygen atoms in total. The van der Waals surface area contributed by atoms with Crippen LogP contribution in [-0.4, -0.2) is 26.8 Å². The fourth-order valence-electron chi connectivity index (χ4n) is 2.44. The van der Waals surface area contributed by atoms with Crippen LogP contribution in [0.1, 0.15) is 17.4 Å². The van der Waals surface area contributed by atoms with E-state index < -0.39 is 0 Å². The third-order valence-corrected chi connectivity index (χ3v) is 4.23. The van der Waals surface area contributed by atoms with Crippen LogP contribution in [0.4, 0.5) is 0 Å². The van der Waals surface area contributed by atoms with Gasteiger partial charge in [-0.1, -0.05) is 0 Å². The van der Waals surface area contributed by atoms with Gasteiger partial charge in [0.15, 0.2) is 11.3 Å². The van der Waals surface area contributed by atoms with E-state index in [1.165, 1.54) is 0 Å². The van der Waals surface area contributed by atoms with Crippen molar-refractivity contribution in [2.75, 3.05) is 26.8 Å². The molecule has 0 amide bonds. The third kappa shape index (κ3) is 2.26. The highest BCUT2D eigenvalue weighted by atomic mass is 79.9. The monoisotopic (exact) mass is 325 g/mol. The maximum atomic E-state index is 5.82. The van der Waals surface area contributed by atoms with Crippen molar-refractivity contribution in [3.05, 3.63) is 27.9 Å². The average molecular weight is 326 g/mol. The molecule has 0 saturated carbocycles. The third-order valence-electron chi connectivity index (χ3n) is 3.35. The SMILES string of the molecule is COc1cc(C2CNCCO2)c(Br)c2cc(C)oc12. The van der Waals surface area contributed by atoms with Crippen LogP contribution in [0.15, 0.2) is 21.0 Å². The maximum Gasteiger partial charge on any atom is 0.177 e. The number of nitrogens with one attached hydrogen (secondary N) is 1. The van der Waals surface area contributed by atoms with Crippen molar-refractivity contribution < 1.29 is 13.9 Å². The largest absolute Gasteiger partial charge is 0.493 e. The zero-order chi connectivity index (χ0) is 13.4. The molecule has 1 aromatic carbocycles. The van der Waals surface area contributed by atoms with E-state index >= 15 is 0 Å². The van der Waals surface area contributed by atoms with Gasteiger partial charge < -0.3 is 19.2 Å². The molecule has 1 aliphatic heterocycles. The Hall–Kier alpha value is -1.04. The Kier molecular flexibility index (Phi) is 3.52. The molecule has 1 N–H and O–H groups in total. The van der Waals surface area contributed by atoms with Crippen molar-refractivity contribution in [2.24, 2.45) is 0 Å². The second kappa shape index (κ2) is 5.15. The molecule has 102 valence electrons. The van der Waals surface area contributed by atoms with Gasteiger partial charge in [0.25, 0.3) is 0 Å². The number of methoxy groups -OCH3 is 1. The summed E-state index contributed by atoms with van der Waals surface area (Å²) in [6.45, 7) is 4.37. The molecule has 0 bridgehead atoms. The molecular formula is C14H16BrNO3. The van der Waals surface area contributed by atoms with Crippen molar-refractivity contribution in [1.82, 2.24) is 5.32 Å². The molecule has 1 unspecified atom stereocenters. The number of rotatable bonds is 2. The Labute approximate surface area is 120 Å². The molecule has 2 heterocycles. The van der Waals surface area contributed by atoms with E-state index in [0.29, 0.717) is 0 Å². The number of benzene rings is 1. The van der Waals surface area contributed by atoms with Gasteiger partial charge in [0, 0.05) is 28.5 Å². The van der Waals surface area contributed by atoms with Gasteiger partial charge in [-0.2, -0.15) is 0 Å².